The average Bonchev–Trinajstić information content (AvgIpc) is 2.48. The van der Waals surface area contributed by atoms with Crippen LogP contribution in [0.3, 0.4) is 0 Å². The molecule has 0 aliphatic heterocycles. The maximum atomic E-state index is 12.5. The summed E-state index contributed by atoms with van der Waals surface area (Å²) in [5, 5.41) is 0.850. The summed E-state index contributed by atoms with van der Waals surface area (Å²) in [5.41, 5.74) is 1.65. The normalized spacial score (nSPS) is 10.3. The lowest BCUT2D eigenvalue weighted by atomic mass is 10.1. The van der Waals surface area contributed by atoms with E-state index in [1.807, 2.05) is 37.3 Å². The fourth-order valence-electron chi connectivity index (χ4n) is 1.94. The Bertz CT molecular complexity index is 599. The maximum Gasteiger partial charge on any atom is 0.254 e. The third-order valence-electron chi connectivity index (χ3n) is 3.05. The first kappa shape index (κ1) is 14.9. The quantitative estimate of drug-likeness (QED) is 0.804. The minimum absolute atomic E-state index is 0.0464. The molecule has 0 fully saturated rings. The van der Waals surface area contributed by atoms with E-state index in [0.29, 0.717) is 28.7 Å². The first-order valence-electron chi connectivity index (χ1n) is 6.40. The molecule has 0 unspecified atom stereocenters. The second kappa shape index (κ2) is 6.78. The third kappa shape index (κ3) is 3.53. The molecular formula is C16H15Cl2NO. The van der Waals surface area contributed by atoms with E-state index in [9.17, 15) is 4.79 Å². The number of hydrogen-bond donors (Lipinski definition) is 0. The van der Waals surface area contributed by atoms with Crippen molar-refractivity contribution in [2.24, 2.45) is 0 Å². The summed E-state index contributed by atoms with van der Waals surface area (Å²) in [6.45, 7) is 3.17. The van der Waals surface area contributed by atoms with E-state index < -0.39 is 0 Å². The zero-order valence-corrected chi connectivity index (χ0v) is 12.7. The number of hydrogen-bond acceptors (Lipinski definition) is 1. The topological polar surface area (TPSA) is 20.3 Å². The summed E-state index contributed by atoms with van der Waals surface area (Å²) >= 11 is 11.8. The zero-order chi connectivity index (χ0) is 14.5. The average molecular weight is 308 g/mol. The Hall–Kier alpha value is -1.51. The Morgan fingerprint density at radius 1 is 1.05 bits per heavy atom. The van der Waals surface area contributed by atoms with Crippen LogP contribution < -0.4 is 0 Å². The van der Waals surface area contributed by atoms with Gasteiger partial charge in [0, 0.05) is 18.7 Å². The first-order chi connectivity index (χ1) is 9.61. The van der Waals surface area contributed by atoms with Gasteiger partial charge in [-0.2, -0.15) is 0 Å². The van der Waals surface area contributed by atoms with Gasteiger partial charge in [0.25, 0.3) is 5.91 Å². The molecule has 0 aliphatic rings. The SMILES string of the molecule is CCN(Cc1ccccc1)C(=O)c1ccc(Cl)c(Cl)c1. The minimum atomic E-state index is -0.0464. The highest BCUT2D eigenvalue weighted by molar-refractivity contribution is 6.42. The molecule has 2 aromatic rings. The lowest BCUT2D eigenvalue weighted by Gasteiger charge is -2.21. The Balaban J connectivity index is 2.18. The minimum Gasteiger partial charge on any atom is -0.335 e. The molecular weight excluding hydrogens is 293 g/mol. The van der Waals surface area contributed by atoms with Crippen LogP contribution in [0.25, 0.3) is 0 Å². The van der Waals surface area contributed by atoms with Gasteiger partial charge in [-0.25, -0.2) is 0 Å². The van der Waals surface area contributed by atoms with Crippen LogP contribution in [0.1, 0.15) is 22.8 Å². The maximum absolute atomic E-state index is 12.5. The van der Waals surface area contributed by atoms with E-state index >= 15 is 0 Å². The van der Waals surface area contributed by atoms with Crippen molar-refractivity contribution in [2.45, 2.75) is 13.5 Å². The van der Waals surface area contributed by atoms with Gasteiger partial charge in [-0.3, -0.25) is 4.79 Å². The molecule has 0 atom stereocenters. The largest absolute Gasteiger partial charge is 0.335 e. The monoisotopic (exact) mass is 307 g/mol. The molecule has 2 rings (SSSR count). The Kier molecular flexibility index (Phi) is 5.05. The van der Waals surface area contributed by atoms with Crippen LogP contribution >= 0.6 is 23.2 Å². The molecule has 0 N–H and O–H groups in total. The lowest BCUT2D eigenvalue weighted by molar-refractivity contribution is 0.0752. The van der Waals surface area contributed by atoms with E-state index in [1.165, 1.54) is 0 Å². The van der Waals surface area contributed by atoms with Gasteiger partial charge in [0.1, 0.15) is 0 Å². The lowest BCUT2D eigenvalue weighted by Crippen LogP contribution is -2.30. The van der Waals surface area contributed by atoms with Crippen molar-refractivity contribution in [2.75, 3.05) is 6.54 Å². The highest BCUT2D eigenvalue weighted by atomic mass is 35.5. The highest BCUT2D eigenvalue weighted by Crippen LogP contribution is 2.23. The van der Waals surface area contributed by atoms with E-state index in [2.05, 4.69) is 0 Å². The van der Waals surface area contributed by atoms with Crippen LogP contribution in [-0.2, 0) is 6.54 Å². The summed E-state index contributed by atoms with van der Waals surface area (Å²) in [4.78, 5) is 14.2. The molecule has 0 saturated carbocycles. The molecule has 1 amide bonds. The molecule has 0 bridgehead atoms. The second-order valence-corrected chi connectivity index (χ2v) is 5.25. The van der Waals surface area contributed by atoms with Gasteiger partial charge in [0.2, 0.25) is 0 Å². The zero-order valence-electron chi connectivity index (χ0n) is 11.1. The summed E-state index contributed by atoms with van der Waals surface area (Å²) in [6, 6.07) is 14.9. The van der Waals surface area contributed by atoms with Crippen molar-refractivity contribution < 1.29 is 4.79 Å². The molecule has 0 radical (unpaired) electrons. The van der Waals surface area contributed by atoms with Gasteiger partial charge in [0.15, 0.2) is 0 Å². The number of halogens is 2. The summed E-state index contributed by atoms with van der Waals surface area (Å²) in [7, 11) is 0. The van der Waals surface area contributed by atoms with Gasteiger partial charge in [-0.1, -0.05) is 53.5 Å². The van der Waals surface area contributed by atoms with Gasteiger partial charge < -0.3 is 4.90 Å². The second-order valence-electron chi connectivity index (χ2n) is 4.43. The van der Waals surface area contributed by atoms with Gasteiger partial charge in [-0.05, 0) is 30.7 Å². The van der Waals surface area contributed by atoms with Crippen molar-refractivity contribution in [1.29, 1.82) is 0 Å². The molecule has 0 heterocycles. The standard InChI is InChI=1S/C16H15Cl2NO/c1-2-19(11-12-6-4-3-5-7-12)16(20)13-8-9-14(17)15(18)10-13/h3-10H,2,11H2,1H3. The van der Waals surface area contributed by atoms with Crippen LogP contribution in [0.4, 0.5) is 0 Å². The Morgan fingerprint density at radius 3 is 2.35 bits per heavy atom. The number of carbonyl (C=O) groups is 1. The predicted octanol–water partition coefficient (Wildman–Crippen LogP) is 4.66. The molecule has 4 heteroatoms. The van der Waals surface area contributed by atoms with E-state index in [-0.39, 0.29) is 5.91 Å². The highest BCUT2D eigenvalue weighted by Gasteiger charge is 2.15. The molecule has 2 nitrogen and oxygen atoms in total. The van der Waals surface area contributed by atoms with E-state index in [0.717, 1.165) is 5.56 Å². The van der Waals surface area contributed by atoms with Crippen molar-refractivity contribution >= 4 is 29.1 Å². The number of rotatable bonds is 4. The van der Waals surface area contributed by atoms with Crippen LogP contribution in [0, 0.1) is 0 Å². The molecule has 2 aromatic carbocycles. The Labute approximate surface area is 128 Å². The van der Waals surface area contributed by atoms with Crippen LogP contribution in [0.2, 0.25) is 10.0 Å². The van der Waals surface area contributed by atoms with Crippen molar-refractivity contribution in [1.82, 2.24) is 4.90 Å². The predicted molar refractivity (Wildman–Crippen MR) is 83.3 cm³/mol. The molecule has 0 spiro atoms. The summed E-state index contributed by atoms with van der Waals surface area (Å²) in [5.74, 6) is -0.0464. The molecule has 104 valence electrons. The van der Waals surface area contributed by atoms with E-state index in [1.54, 1.807) is 23.1 Å². The van der Waals surface area contributed by atoms with Gasteiger partial charge in [-0.15, -0.1) is 0 Å². The van der Waals surface area contributed by atoms with Gasteiger partial charge in [0.05, 0.1) is 10.0 Å². The van der Waals surface area contributed by atoms with Crippen LogP contribution in [0.5, 0.6) is 0 Å². The van der Waals surface area contributed by atoms with Crippen molar-refractivity contribution in [3.05, 3.63) is 69.7 Å². The summed E-state index contributed by atoms with van der Waals surface area (Å²) < 4.78 is 0. The molecule has 0 aromatic heterocycles. The number of amides is 1. The number of carbonyl (C=O) groups excluding carboxylic acids is 1. The van der Waals surface area contributed by atoms with E-state index in [4.69, 9.17) is 23.2 Å². The van der Waals surface area contributed by atoms with Crippen molar-refractivity contribution in [3.63, 3.8) is 0 Å². The molecule has 0 aliphatic carbocycles. The fraction of sp³-hybridized carbons (Fsp3) is 0.188. The van der Waals surface area contributed by atoms with Crippen molar-refractivity contribution in [3.8, 4) is 0 Å². The third-order valence-corrected chi connectivity index (χ3v) is 3.79. The van der Waals surface area contributed by atoms with Crippen LogP contribution in [0.15, 0.2) is 48.5 Å². The fourth-order valence-corrected chi connectivity index (χ4v) is 2.24. The smallest absolute Gasteiger partial charge is 0.254 e. The van der Waals surface area contributed by atoms with Gasteiger partial charge >= 0.3 is 0 Å². The molecule has 20 heavy (non-hydrogen) atoms. The molecule has 0 saturated heterocycles. The Morgan fingerprint density at radius 2 is 1.75 bits per heavy atom. The number of benzene rings is 2. The number of nitrogens with zero attached hydrogens (tertiary/aromatic N) is 1. The first-order valence-corrected chi connectivity index (χ1v) is 7.15. The summed E-state index contributed by atoms with van der Waals surface area (Å²) in [6.07, 6.45) is 0. The van der Waals surface area contributed by atoms with Crippen LogP contribution in [-0.4, -0.2) is 17.4 Å².